The maximum Gasteiger partial charge on any atom is 0.226 e. The summed E-state index contributed by atoms with van der Waals surface area (Å²) in [6.07, 6.45) is 1.96. The molecule has 0 fully saturated rings. The van der Waals surface area contributed by atoms with Crippen molar-refractivity contribution >= 4 is 28.5 Å². The van der Waals surface area contributed by atoms with Crippen LogP contribution < -0.4 is 11.1 Å². The molecular weight excluding hydrogens is 333 g/mol. The third-order valence-electron chi connectivity index (χ3n) is 3.94. The maximum atomic E-state index is 14.8. The highest BCUT2D eigenvalue weighted by atomic mass is 35.5. The van der Waals surface area contributed by atoms with Crippen molar-refractivity contribution in [1.82, 2.24) is 15.0 Å². The Labute approximate surface area is 143 Å². The summed E-state index contributed by atoms with van der Waals surface area (Å²) in [6, 6.07) is 3.44. The molecule has 0 amide bonds. The molecule has 128 valence electrons. The maximum absolute atomic E-state index is 14.8. The van der Waals surface area contributed by atoms with Crippen LogP contribution in [-0.2, 0) is 13.0 Å². The summed E-state index contributed by atoms with van der Waals surface area (Å²) in [5, 5.41) is 3.35. The van der Waals surface area contributed by atoms with Crippen LogP contribution >= 0.6 is 11.6 Å². The van der Waals surface area contributed by atoms with Gasteiger partial charge in [0.05, 0.1) is 23.9 Å². The Kier molecular flexibility index (Phi) is 4.73. The van der Waals surface area contributed by atoms with E-state index in [9.17, 15) is 4.39 Å². The first-order valence-electron chi connectivity index (χ1n) is 7.71. The fraction of sp³-hybridized carbons (Fsp3) is 0.375. The van der Waals surface area contributed by atoms with Gasteiger partial charge in [0.25, 0.3) is 0 Å². The summed E-state index contributed by atoms with van der Waals surface area (Å²) in [6.45, 7) is 4.36. The molecule has 4 N–H and O–H groups in total. The quantitative estimate of drug-likeness (QED) is 0.591. The molecule has 0 aliphatic heterocycles. The van der Waals surface area contributed by atoms with Crippen molar-refractivity contribution in [2.24, 2.45) is 11.7 Å². The predicted octanol–water partition coefficient (Wildman–Crippen LogP) is 3.48. The van der Waals surface area contributed by atoms with Crippen LogP contribution in [-0.4, -0.2) is 21.0 Å². The van der Waals surface area contributed by atoms with Crippen molar-refractivity contribution < 1.29 is 8.81 Å². The minimum atomic E-state index is -0.403. The molecule has 0 unspecified atom stereocenters. The van der Waals surface area contributed by atoms with E-state index in [1.165, 1.54) is 0 Å². The summed E-state index contributed by atoms with van der Waals surface area (Å²) in [4.78, 5) is 11.1. The molecule has 1 atom stereocenters. The molecule has 3 aromatic rings. The Hall–Kier alpha value is -2.12. The number of aromatic amines is 1. The van der Waals surface area contributed by atoms with Gasteiger partial charge in [-0.25, -0.2) is 4.39 Å². The molecule has 3 heterocycles. The third kappa shape index (κ3) is 3.37. The van der Waals surface area contributed by atoms with Crippen LogP contribution in [0.5, 0.6) is 0 Å². The highest BCUT2D eigenvalue weighted by Gasteiger charge is 2.21. The standard InChI is InChI=1S/C16H19ClFN5O/c1-8(2)10(19)6-11-13(18)12-14(20-7-9-4-3-5-24-9)22-16(17)23-15(12)21-11/h3-5,8,10H,6-7,19H2,1-2H3,(H2,20,21,22,23)/t10-/m1/s1. The normalized spacial score (nSPS) is 12.9. The Morgan fingerprint density at radius 2 is 2.21 bits per heavy atom. The molecule has 8 heteroatoms. The Bertz CT molecular complexity index is 831. The zero-order chi connectivity index (χ0) is 17.3. The second kappa shape index (κ2) is 6.78. The van der Waals surface area contributed by atoms with Crippen molar-refractivity contribution in [1.29, 1.82) is 0 Å². The number of anilines is 1. The van der Waals surface area contributed by atoms with Crippen molar-refractivity contribution in [3.63, 3.8) is 0 Å². The van der Waals surface area contributed by atoms with Crippen molar-refractivity contribution in [3.05, 3.63) is 41.0 Å². The molecule has 0 spiro atoms. The van der Waals surface area contributed by atoms with Crippen LogP contribution in [0.1, 0.15) is 25.3 Å². The van der Waals surface area contributed by atoms with Gasteiger partial charge in [0.1, 0.15) is 17.2 Å². The topological polar surface area (TPSA) is 92.8 Å². The lowest BCUT2D eigenvalue weighted by Crippen LogP contribution is -2.29. The molecule has 0 bridgehead atoms. The molecule has 0 aliphatic rings. The van der Waals surface area contributed by atoms with E-state index in [0.717, 1.165) is 0 Å². The number of nitrogens with two attached hydrogens (primary N) is 1. The number of aromatic nitrogens is 3. The Morgan fingerprint density at radius 1 is 1.42 bits per heavy atom. The molecule has 24 heavy (non-hydrogen) atoms. The summed E-state index contributed by atoms with van der Waals surface area (Å²) >= 11 is 5.95. The number of H-pyrrole nitrogens is 1. The van der Waals surface area contributed by atoms with Crippen molar-refractivity contribution in [3.8, 4) is 0 Å². The Morgan fingerprint density at radius 3 is 2.88 bits per heavy atom. The van der Waals surface area contributed by atoms with Crippen molar-refractivity contribution in [2.45, 2.75) is 32.9 Å². The number of nitrogens with zero attached hydrogens (tertiary/aromatic N) is 2. The van der Waals surface area contributed by atoms with Crippen LogP contribution in [0.3, 0.4) is 0 Å². The molecule has 0 saturated carbocycles. The molecular formula is C16H19ClFN5O. The lowest BCUT2D eigenvalue weighted by molar-refractivity contribution is 0.477. The average molecular weight is 352 g/mol. The van der Waals surface area contributed by atoms with Crippen molar-refractivity contribution in [2.75, 3.05) is 5.32 Å². The van der Waals surface area contributed by atoms with Gasteiger partial charge < -0.3 is 20.5 Å². The first-order chi connectivity index (χ1) is 11.5. The fourth-order valence-corrected chi connectivity index (χ4v) is 2.57. The second-order valence-corrected chi connectivity index (χ2v) is 6.37. The SMILES string of the molecule is CC(C)[C@H](N)Cc1[nH]c2nc(Cl)nc(NCc3ccco3)c2c1F. The summed E-state index contributed by atoms with van der Waals surface area (Å²) in [5.41, 5.74) is 6.81. The number of hydrogen-bond donors (Lipinski definition) is 3. The van der Waals surface area contributed by atoms with E-state index >= 15 is 0 Å². The molecule has 3 rings (SSSR count). The van der Waals surface area contributed by atoms with Crippen LogP contribution in [0.2, 0.25) is 5.28 Å². The molecule has 6 nitrogen and oxygen atoms in total. The second-order valence-electron chi connectivity index (χ2n) is 6.03. The zero-order valence-electron chi connectivity index (χ0n) is 13.4. The fourth-order valence-electron chi connectivity index (χ4n) is 2.40. The van der Waals surface area contributed by atoms with Crippen LogP contribution in [0.4, 0.5) is 10.2 Å². The third-order valence-corrected chi connectivity index (χ3v) is 4.11. The van der Waals surface area contributed by atoms with Gasteiger partial charge in [-0.15, -0.1) is 0 Å². The largest absolute Gasteiger partial charge is 0.467 e. The minimum absolute atomic E-state index is 0.0328. The van der Waals surface area contributed by atoms with Gasteiger partial charge in [0.2, 0.25) is 5.28 Å². The number of hydrogen-bond acceptors (Lipinski definition) is 5. The van der Waals surface area contributed by atoms with E-state index < -0.39 is 5.82 Å². The molecule has 3 aromatic heterocycles. The molecule has 0 saturated heterocycles. The first kappa shape index (κ1) is 16.7. The smallest absolute Gasteiger partial charge is 0.226 e. The monoisotopic (exact) mass is 351 g/mol. The minimum Gasteiger partial charge on any atom is -0.467 e. The zero-order valence-corrected chi connectivity index (χ0v) is 14.2. The lowest BCUT2D eigenvalue weighted by atomic mass is 10.0. The Balaban J connectivity index is 1.94. The summed E-state index contributed by atoms with van der Waals surface area (Å²) in [5.74, 6) is 0.858. The van der Waals surface area contributed by atoms with E-state index in [2.05, 4.69) is 20.3 Å². The lowest BCUT2D eigenvalue weighted by Gasteiger charge is -2.14. The highest BCUT2D eigenvalue weighted by molar-refractivity contribution is 6.28. The van der Waals surface area contributed by atoms with E-state index in [1.54, 1.807) is 12.3 Å². The van der Waals surface area contributed by atoms with Gasteiger partial charge in [-0.05, 0) is 29.7 Å². The van der Waals surface area contributed by atoms with Crippen LogP contribution in [0.25, 0.3) is 11.0 Å². The van der Waals surface area contributed by atoms with Gasteiger partial charge in [-0.1, -0.05) is 13.8 Å². The predicted molar refractivity (Wildman–Crippen MR) is 91.4 cm³/mol. The molecule has 0 radical (unpaired) electrons. The van der Waals surface area contributed by atoms with Gasteiger partial charge >= 0.3 is 0 Å². The number of halogens is 2. The number of furan rings is 1. The van der Waals surface area contributed by atoms with Crippen LogP contribution in [0, 0.1) is 11.7 Å². The van der Waals surface area contributed by atoms with Gasteiger partial charge in [-0.3, -0.25) is 0 Å². The number of fused-ring (bicyclic) bond motifs is 1. The van der Waals surface area contributed by atoms with E-state index in [0.29, 0.717) is 35.9 Å². The van der Waals surface area contributed by atoms with E-state index in [-0.39, 0.29) is 22.6 Å². The van der Waals surface area contributed by atoms with Gasteiger partial charge in [0, 0.05) is 12.5 Å². The van der Waals surface area contributed by atoms with E-state index in [4.69, 9.17) is 21.8 Å². The summed E-state index contributed by atoms with van der Waals surface area (Å²) in [7, 11) is 0. The molecule has 0 aromatic carbocycles. The van der Waals surface area contributed by atoms with Gasteiger partial charge in [0.15, 0.2) is 5.82 Å². The molecule has 0 aliphatic carbocycles. The van der Waals surface area contributed by atoms with Gasteiger partial charge in [-0.2, -0.15) is 9.97 Å². The number of nitrogens with one attached hydrogen (secondary N) is 2. The number of rotatable bonds is 6. The summed E-state index contributed by atoms with van der Waals surface area (Å²) < 4.78 is 20.1. The van der Waals surface area contributed by atoms with E-state index in [1.807, 2.05) is 19.9 Å². The highest BCUT2D eigenvalue weighted by Crippen LogP contribution is 2.28. The average Bonchev–Trinajstić information content (AvgIpc) is 3.13. The van der Waals surface area contributed by atoms with Crippen LogP contribution in [0.15, 0.2) is 22.8 Å². The first-order valence-corrected chi connectivity index (χ1v) is 8.09.